The Kier molecular flexibility index (Phi) is 4.61. The smallest absolute Gasteiger partial charge is 0.328 e. The molecule has 1 heterocycles. The average molecular weight is 339 g/mol. The lowest BCUT2D eigenvalue weighted by molar-refractivity contribution is -0.122. The van der Waals surface area contributed by atoms with Gasteiger partial charge in [-0.2, -0.15) is 0 Å². The van der Waals surface area contributed by atoms with Gasteiger partial charge in [0.15, 0.2) is 6.10 Å². The summed E-state index contributed by atoms with van der Waals surface area (Å²) < 4.78 is 8.90. The first-order valence-corrected chi connectivity index (χ1v) is 8.19. The van der Waals surface area contributed by atoms with Crippen LogP contribution in [-0.2, 0) is 18.9 Å². The molecular weight excluding hydrogens is 318 g/mol. The number of carbonyl (C=O) groups is 1. The van der Waals surface area contributed by atoms with Gasteiger partial charge < -0.3 is 10.1 Å². The maximum Gasteiger partial charge on any atom is 0.328 e. The minimum Gasteiger partial charge on any atom is -0.481 e. The molecule has 130 valence electrons. The molecule has 1 aromatic heterocycles. The number of imidazole rings is 1. The van der Waals surface area contributed by atoms with E-state index in [1.165, 1.54) is 0 Å². The molecule has 3 aromatic rings. The first-order valence-electron chi connectivity index (χ1n) is 8.19. The van der Waals surface area contributed by atoms with E-state index in [0.29, 0.717) is 17.9 Å². The van der Waals surface area contributed by atoms with Crippen LogP contribution in [0.4, 0.5) is 5.69 Å². The van der Waals surface area contributed by atoms with Crippen molar-refractivity contribution in [1.29, 1.82) is 0 Å². The molecule has 0 fully saturated rings. The Morgan fingerprint density at radius 3 is 2.44 bits per heavy atom. The van der Waals surface area contributed by atoms with Crippen LogP contribution in [0.1, 0.15) is 13.3 Å². The van der Waals surface area contributed by atoms with Crippen molar-refractivity contribution < 1.29 is 9.53 Å². The van der Waals surface area contributed by atoms with E-state index in [2.05, 4.69) is 5.32 Å². The molecule has 0 saturated carbocycles. The highest BCUT2D eigenvalue weighted by atomic mass is 16.5. The zero-order valence-corrected chi connectivity index (χ0v) is 14.5. The summed E-state index contributed by atoms with van der Waals surface area (Å²) in [7, 11) is 3.44. The van der Waals surface area contributed by atoms with E-state index in [1.807, 2.05) is 43.3 Å². The van der Waals surface area contributed by atoms with Crippen LogP contribution in [-0.4, -0.2) is 21.1 Å². The van der Waals surface area contributed by atoms with Gasteiger partial charge in [-0.1, -0.05) is 25.1 Å². The van der Waals surface area contributed by atoms with Gasteiger partial charge in [0.25, 0.3) is 5.91 Å². The largest absolute Gasteiger partial charge is 0.481 e. The van der Waals surface area contributed by atoms with E-state index < -0.39 is 6.10 Å². The molecule has 1 N–H and O–H groups in total. The zero-order valence-electron chi connectivity index (χ0n) is 14.5. The third kappa shape index (κ3) is 3.28. The Hall–Kier alpha value is -3.02. The lowest BCUT2D eigenvalue weighted by Gasteiger charge is -2.17. The number of para-hydroxylation sites is 1. The number of hydrogen-bond acceptors (Lipinski definition) is 3. The predicted molar refractivity (Wildman–Crippen MR) is 97.9 cm³/mol. The van der Waals surface area contributed by atoms with Crippen LogP contribution < -0.4 is 15.7 Å². The molecule has 2 aromatic carbocycles. The number of fused-ring (bicyclic) bond motifs is 1. The van der Waals surface area contributed by atoms with E-state index in [9.17, 15) is 9.59 Å². The highest BCUT2D eigenvalue weighted by molar-refractivity contribution is 5.96. The van der Waals surface area contributed by atoms with Crippen molar-refractivity contribution in [3.05, 3.63) is 59.0 Å². The zero-order chi connectivity index (χ0) is 18.0. The van der Waals surface area contributed by atoms with Crippen LogP contribution in [0.2, 0.25) is 0 Å². The number of anilines is 1. The molecule has 0 aliphatic rings. The summed E-state index contributed by atoms with van der Waals surface area (Å²) in [6.07, 6.45) is -0.0371. The van der Waals surface area contributed by atoms with Crippen LogP contribution >= 0.6 is 0 Å². The van der Waals surface area contributed by atoms with Gasteiger partial charge in [0, 0.05) is 19.8 Å². The quantitative estimate of drug-likeness (QED) is 0.777. The third-order valence-electron chi connectivity index (χ3n) is 4.22. The molecule has 0 spiro atoms. The number of nitrogens with one attached hydrogen (secondary N) is 1. The summed E-state index contributed by atoms with van der Waals surface area (Å²) >= 11 is 0. The predicted octanol–water partition coefficient (Wildman–Crippen LogP) is 2.67. The number of carbonyl (C=O) groups excluding carboxylic acids is 1. The number of rotatable bonds is 5. The fourth-order valence-electron chi connectivity index (χ4n) is 2.79. The molecule has 0 radical (unpaired) electrons. The molecule has 1 atom stereocenters. The minimum atomic E-state index is -0.585. The summed E-state index contributed by atoms with van der Waals surface area (Å²) in [5.41, 5.74) is 2.12. The van der Waals surface area contributed by atoms with Gasteiger partial charge in [-0.15, -0.1) is 0 Å². The number of nitrogens with zero attached hydrogens (tertiary/aromatic N) is 2. The second kappa shape index (κ2) is 6.84. The number of hydrogen-bond donors (Lipinski definition) is 1. The Bertz CT molecular complexity index is 957. The van der Waals surface area contributed by atoms with Gasteiger partial charge >= 0.3 is 5.69 Å². The van der Waals surface area contributed by atoms with Crippen LogP contribution in [0.5, 0.6) is 5.75 Å². The van der Waals surface area contributed by atoms with E-state index >= 15 is 0 Å². The van der Waals surface area contributed by atoms with Crippen LogP contribution in [0.25, 0.3) is 11.0 Å². The topological polar surface area (TPSA) is 65.3 Å². The molecule has 0 bridgehead atoms. The maximum absolute atomic E-state index is 12.5. The molecule has 6 nitrogen and oxygen atoms in total. The summed E-state index contributed by atoms with van der Waals surface area (Å²) in [5, 5.41) is 2.87. The highest BCUT2D eigenvalue weighted by Crippen LogP contribution is 2.19. The first-order chi connectivity index (χ1) is 12.0. The normalized spacial score (nSPS) is 12.1. The second-order valence-corrected chi connectivity index (χ2v) is 5.92. The van der Waals surface area contributed by atoms with Crippen molar-refractivity contribution >= 4 is 22.6 Å². The molecule has 0 saturated heterocycles. The van der Waals surface area contributed by atoms with E-state index in [1.54, 1.807) is 35.4 Å². The third-order valence-corrected chi connectivity index (χ3v) is 4.22. The van der Waals surface area contributed by atoms with Crippen molar-refractivity contribution in [3.63, 3.8) is 0 Å². The number of amides is 1. The number of aryl methyl sites for hydroxylation is 2. The summed E-state index contributed by atoms with van der Waals surface area (Å²) in [5.74, 6) is 0.442. The summed E-state index contributed by atoms with van der Waals surface area (Å²) in [6, 6.07) is 14.7. The number of benzene rings is 2. The summed E-state index contributed by atoms with van der Waals surface area (Å²) in [4.78, 5) is 24.5. The van der Waals surface area contributed by atoms with Crippen molar-refractivity contribution in [1.82, 2.24) is 9.13 Å². The SMILES string of the molecule is CC[C@@H](Oc1ccccc1)C(=O)Nc1ccc2c(c1)n(C)c(=O)n2C. The first kappa shape index (κ1) is 16.8. The number of aromatic nitrogens is 2. The Balaban J connectivity index is 1.80. The molecule has 0 unspecified atom stereocenters. The van der Waals surface area contributed by atoms with Gasteiger partial charge in [0.2, 0.25) is 0 Å². The Labute approximate surface area is 145 Å². The van der Waals surface area contributed by atoms with Gasteiger partial charge in [0.05, 0.1) is 11.0 Å². The van der Waals surface area contributed by atoms with Gasteiger partial charge in [-0.3, -0.25) is 13.9 Å². The van der Waals surface area contributed by atoms with Crippen molar-refractivity contribution in [2.75, 3.05) is 5.32 Å². The fraction of sp³-hybridized carbons (Fsp3) is 0.263. The van der Waals surface area contributed by atoms with Crippen LogP contribution in [0, 0.1) is 0 Å². The van der Waals surface area contributed by atoms with E-state index in [0.717, 1.165) is 11.0 Å². The lowest BCUT2D eigenvalue weighted by atomic mass is 10.2. The van der Waals surface area contributed by atoms with Gasteiger partial charge in [0.1, 0.15) is 5.75 Å². The molecule has 25 heavy (non-hydrogen) atoms. The van der Waals surface area contributed by atoms with Crippen molar-refractivity contribution in [2.24, 2.45) is 14.1 Å². The molecule has 0 aliphatic carbocycles. The Morgan fingerprint density at radius 2 is 1.76 bits per heavy atom. The van der Waals surface area contributed by atoms with E-state index in [-0.39, 0.29) is 11.6 Å². The van der Waals surface area contributed by atoms with Crippen LogP contribution in [0.3, 0.4) is 0 Å². The van der Waals surface area contributed by atoms with E-state index in [4.69, 9.17) is 4.74 Å². The monoisotopic (exact) mass is 339 g/mol. The molecule has 6 heteroatoms. The standard InChI is InChI=1S/C19H21N3O3/c1-4-17(25-14-8-6-5-7-9-14)18(23)20-13-10-11-15-16(12-13)22(3)19(24)21(15)2/h5-12,17H,4H2,1-3H3,(H,20,23)/t17-/m1/s1. The maximum atomic E-state index is 12.5. The van der Waals surface area contributed by atoms with Crippen molar-refractivity contribution in [3.8, 4) is 5.75 Å². The second-order valence-electron chi connectivity index (χ2n) is 5.92. The minimum absolute atomic E-state index is 0.0997. The van der Waals surface area contributed by atoms with Gasteiger partial charge in [-0.05, 0) is 36.8 Å². The fourth-order valence-corrected chi connectivity index (χ4v) is 2.79. The molecule has 0 aliphatic heterocycles. The lowest BCUT2D eigenvalue weighted by Crippen LogP contribution is -2.32. The Morgan fingerprint density at radius 1 is 1.08 bits per heavy atom. The number of ether oxygens (including phenoxy) is 1. The average Bonchev–Trinajstić information content (AvgIpc) is 2.84. The summed E-state index contributed by atoms with van der Waals surface area (Å²) in [6.45, 7) is 1.90. The molecule has 1 amide bonds. The molecule has 3 rings (SSSR count). The van der Waals surface area contributed by atoms with Crippen molar-refractivity contribution in [2.45, 2.75) is 19.4 Å². The van der Waals surface area contributed by atoms with Gasteiger partial charge in [-0.25, -0.2) is 4.79 Å². The molecular formula is C19H21N3O3. The highest BCUT2D eigenvalue weighted by Gasteiger charge is 2.19. The van der Waals surface area contributed by atoms with Crippen LogP contribution in [0.15, 0.2) is 53.3 Å².